The van der Waals surface area contributed by atoms with E-state index in [1.54, 1.807) is 0 Å². The Balaban J connectivity index is 1.38. The highest BCUT2D eigenvalue weighted by Gasteiger charge is 2.20. The van der Waals surface area contributed by atoms with E-state index in [4.69, 9.17) is 0 Å². The molecule has 238 valence electrons. The van der Waals surface area contributed by atoms with Crippen molar-refractivity contribution in [3.8, 4) is 5.69 Å². The first-order valence-corrected chi connectivity index (χ1v) is 17.2. The van der Waals surface area contributed by atoms with Gasteiger partial charge in [-0.25, -0.2) is 0 Å². The van der Waals surface area contributed by atoms with Gasteiger partial charge in [-0.3, -0.25) is 0 Å². The van der Waals surface area contributed by atoms with Crippen molar-refractivity contribution in [1.29, 1.82) is 0 Å². The molecule has 8 rings (SSSR count). The number of para-hydroxylation sites is 4. The molecule has 0 fully saturated rings. The first-order chi connectivity index (χ1) is 24.2. The number of fused-ring (bicyclic) bond motifs is 3. The van der Waals surface area contributed by atoms with Gasteiger partial charge in [-0.05, 0) is 115 Å². The summed E-state index contributed by atoms with van der Waals surface area (Å²) >= 11 is 0. The average molecular weight is 634 g/mol. The molecule has 3 heteroatoms. The summed E-state index contributed by atoms with van der Waals surface area (Å²) in [5, 5.41) is 2.41. The number of nitrogens with zero attached hydrogens (tertiary/aromatic N) is 3. The summed E-state index contributed by atoms with van der Waals surface area (Å²) in [6.07, 6.45) is 1.12. The van der Waals surface area contributed by atoms with Crippen LogP contribution in [0.3, 0.4) is 0 Å². The molecule has 0 spiro atoms. The lowest BCUT2D eigenvalue weighted by Crippen LogP contribution is -2.09. The van der Waals surface area contributed by atoms with Gasteiger partial charge in [0.1, 0.15) is 0 Å². The fraction of sp³-hybridized carbons (Fsp3) is 0.0870. The summed E-state index contributed by atoms with van der Waals surface area (Å²) in [5.41, 5.74) is 11.6. The van der Waals surface area contributed by atoms with Crippen LogP contribution in [0.5, 0.6) is 0 Å². The maximum Gasteiger partial charge on any atom is 0.0542 e. The van der Waals surface area contributed by atoms with Crippen molar-refractivity contribution in [1.82, 2.24) is 4.57 Å². The van der Waals surface area contributed by atoms with Gasteiger partial charge in [-0.2, -0.15) is 0 Å². The van der Waals surface area contributed by atoms with Gasteiger partial charge >= 0.3 is 0 Å². The Morgan fingerprint density at radius 2 is 0.796 bits per heavy atom. The molecule has 1 atom stereocenters. The molecule has 0 amide bonds. The molecule has 0 saturated carbocycles. The van der Waals surface area contributed by atoms with Crippen molar-refractivity contribution in [2.75, 3.05) is 9.80 Å². The second-order valence-electron chi connectivity index (χ2n) is 12.7. The van der Waals surface area contributed by atoms with Crippen LogP contribution in [0.2, 0.25) is 0 Å². The van der Waals surface area contributed by atoms with E-state index in [0.717, 1.165) is 40.5 Å². The predicted molar refractivity (Wildman–Crippen MR) is 209 cm³/mol. The summed E-state index contributed by atoms with van der Waals surface area (Å²) in [6, 6.07) is 65.5. The third kappa shape index (κ3) is 5.74. The topological polar surface area (TPSA) is 11.4 Å². The van der Waals surface area contributed by atoms with Gasteiger partial charge in [0.25, 0.3) is 0 Å². The zero-order valence-corrected chi connectivity index (χ0v) is 27.9. The monoisotopic (exact) mass is 633 g/mol. The van der Waals surface area contributed by atoms with Crippen LogP contribution >= 0.6 is 0 Å². The Morgan fingerprint density at radius 3 is 1.14 bits per heavy atom. The van der Waals surface area contributed by atoms with Gasteiger partial charge in [0.2, 0.25) is 0 Å². The van der Waals surface area contributed by atoms with Crippen molar-refractivity contribution in [2.45, 2.75) is 26.2 Å². The maximum atomic E-state index is 2.42. The molecule has 1 heterocycles. The fourth-order valence-electron chi connectivity index (χ4n) is 6.95. The Hall–Kier alpha value is -6.06. The Bertz CT molecular complexity index is 2090. The van der Waals surface area contributed by atoms with Crippen molar-refractivity contribution in [2.24, 2.45) is 0 Å². The number of anilines is 6. The van der Waals surface area contributed by atoms with Gasteiger partial charge in [0, 0.05) is 50.6 Å². The summed E-state index contributed by atoms with van der Waals surface area (Å²) in [5.74, 6) is 0.529. The van der Waals surface area contributed by atoms with E-state index in [1.165, 1.54) is 33.1 Å². The van der Waals surface area contributed by atoms with E-state index in [2.05, 4.69) is 210 Å². The van der Waals surface area contributed by atoms with Crippen LogP contribution < -0.4 is 9.80 Å². The fourth-order valence-corrected chi connectivity index (χ4v) is 6.95. The highest BCUT2D eigenvalue weighted by atomic mass is 15.1. The number of benzene rings is 7. The maximum absolute atomic E-state index is 2.42. The van der Waals surface area contributed by atoms with Gasteiger partial charge in [-0.1, -0.05) is 98.8 Å². The third-order valence-electron chi connectivity index (χ3n) is 9.64. The second-order valence-corrected chi connectivity index (χ2v) is 12.7. The lowest BCUT2D eigenvalue weighted by atomic mass is 9.98. The van der Waals surface area contributed by atoms with Crippen LogP contribution in [0.1, 0.15) is 31.7 Å². The van der Waals surface area contributed by atoms with Crippen molar-refractivity contribution in [3.63, 3.8) is 0 Å². The summed E-state index contributed by atoms with van der Waals surface area (Å²) < 4.78 is 2.42. The minimum atomic E-state index is 0.529. The summed E-state index contributed by atoms with van der Waals surface area (Å²) in [7, 11) is 0. The molecule has 1 aromatic heterocycles. The van der Waals surface area contributed by atoms with Gasteiger partial charge in [0.05, 0.1) is 11.0 Å². The minimum Gasteiger partial charge on any atom is -0.310 e. The molecule has 49 heavy (non-hydrogen) atoms. The molecule has 0 aliphatic rings. The SMILES string of the molecule is CCC(C)c1ccc(-n2c3ccc(N(c4ccccc4)c4ccccc4)cc3c3cc(N(c4ccccc4)c4ccccc4)ccc32)cc1. The molecule has 3 nitrogen and oxygen atoms in total. The minimum absolute atomic E-state index is 0.529. The summed E-state index contributed by atoms with van der Waals surface area (Å²) in [6.45, 7) is 4.55. The smallest absolute Gasteiger partial charge is 0.0542 e. The first kappa shape index (κ1) is 30.3. The van der Waals surface area contributed by atoms with Crippen molar-refractivity contribution < 1.29 is 0 Å². The molecular formula is C46H39N3. The standard InChI is InChI=1S/C46H39N3/c1-3-34(2)35-24-26-40(27-25-35)49-45-30-28-41(47(36-16-8-4-9-17-36)37-18-10-5-11-19-37)32-43(45)44-33-42(29-31-46(44)49)48(38-20-12-6-13-21-38)39-22-14-7-15-23-39/h4-34H,3H2,1-2H3. The van der Waals surface area contributed by atoms with Gasteiger partial charge < -0.3 is 14.4 Å². The number of aromatic nitrogens is 1. The average Bonchev–Trinajstić information content (AvgIpc) is 3.49. The van der Waals surface area contributed by atoms with Gasteiger partial charge in [-0.15, -0.1) is 0 Å². The third-order valence-corrected chi connectivity index (χ3v) is 9.64. The largest absolute Gasteiger partial charge is 0.310 e. The molecule has 0 bridgehead atoms. The van der Waals surface area contributed by atoms with E-state index in [1.807, 2.05) is 0 Å². The van der Waals surface area contributed by atoms with Crippen LogP contribution in [0, 0.1) is 0 Å². The number of rotatable bonds is 9. The highest BCUT2D eigenvalue weighted by Crippen LogP contribution is 2.42. The molecule has 0 N–H and O–H groups in total. The van der Waals surface area contributed by atoms with Crippen molar-refractivity contribution in [3.05, 3.63) is 188 Å². The number of hydrogen-bond donors (Lipinski definition) is 0. The van der Waals surface area contributed by atoms with Crippen LogP contribution in [-0.4, -0.2) is 4.57 Å². The molecule has 0 aliphatic carbocycles. The first-order valence-electron chi connectivity index (χ1n) is 17.2. The lowest BCUT2D eigenvalue weighted by Gasteiger charge is -2.26. The van der Waals surface area contributed by atoms with Gasteiger partial charge in [0.15, 0.2) is 0 Å². The molecule has 7 aromatic carbocycles. The Labute approximate surface area is 288 Å². The highest BCUT2D eigenvalue weighted by molar-refractivity contribution is 6.12. The van der Waals surface area contributed by atoms with Crippen LogP contribution in [0.15, 0.2) is 182 Å². The molecule has 8 aromatic rings. The van der Waals surface area contributed by atoms with Crippen molar-refractivity contribution >= 4 is 55.9 Å². The Morgan fingerprint density at radius 1 is 0.429 bits per heavy atom. The van der Waals surface area contributed by atoms with Crippen LogP contribution in [-0.2, 0) is 0 Å². The Kier molecular flexibility index (Phi) is 8.17. The van der Waals surface area contributed by atoms with E-state index in [-0.39, 0.29) is 0 Å². The van der Waals surface area contributed by atoms with E-state index >= 15 is 0 Å². The van der Waals surface area contributed by atoms with E-state index in [9.17, 15) is 0 Å². The quantitative estimate of drug-likeness (QED) is 0.157. The molecule has 0 radical (unpaired) electrons. The predicted octanol–water partition coefficient (Wildman–Crippen LogP) is 13.2. The zero-order chi connectivity index (χ0) is 33.2. The number of hydrogen-bond acceptors (Lipinski definition) is 2. The normalized spacial score (nSPS) is 11.9. The second kappa shape index (κ2) is 13.2. The molecule has 1 unspecified atom stereocenters. The summed E-state index contributed by atoms with van der Waals surface area (Å²) in [4.78, 5) is 4.68. The van der Waals surface area contributed by atoms with Crippen LogP contribution in [0.4, 0.5) is 34.1 Å². The molecule has 0 aliphatic heterocycles. The molecular weight excluding hydrogens is 595 g/mol. The van der Waals surface area contributed by atoms with E-state index in [0.29, 0.717) is 5.92 Å². The lowest BCUT2D eigenvalue weighted by molar-refractivity contribution is 0.733. The van der Waals surface area contributed by atoms with Crippen LogP contribution in [0.25, 0.3) is 27.5 Å². The van der Waals surface area contributed by atoms with E-state index < -0.39 is 0 Å². The molecule has 0 saturated heterocycles. The zero-order valence-electron chi connectivity index (χ0n) is 27.9.